The van der Waals surface area contributed by atoms with Crippen molar-refractivity contribution in [2.24, 2.45) is 0 Å². The van der Waals surface area contributed by atoms with Crippen LogP contribution in [-0.4, -0.2) is 50.2 Å². The summed E-state index contributed by atoms with van der Waals surface area (Å²) >= 11 is 7.80. The maximum Gasteiger partial charge on any atom is 0.416 e. The number of fused-ring (bicyclic) bond motifs is 1. The summed E-state index contributed by atoms with van der Waals surface area (Å²) in [5, 5.41) is 8.79. The fourth-order valence-electron chi connectivity index (χ4n) is 3.72. The van der Waals surface area contributed by atoms with Gasteiger partial charge in [-0.3, -0.25) is 4.90 Å². The third kappa shape index (κ3) is 7.80. The fraction of sp³-hybridized carbons (Fsp3) is 0.538. The molecule has 3 rings (SSSR count). The van der Waals surface area contributed by atoms with Gasteiger partial charge in [-0.05, 0) is 96.5 Å². The number of ether oxygens (including phenoxy) is 2. The third-order valence-corrected chi connectivity index (χ3v) is 6.41. The van der Waals surface area contributed by atoms with E-state index in [0.717, 1.165) is 4.88 Å². The highest BCUT2D eigenvalue weighted by atomic mass is 35.5. The van der Waals surface area contributed by atoms with Gasteiger partial charge in [-0.15, -0.1) is 16.4 Å². The summed E-state index contributed by atoms with van der Waals surface area (Å²) in [5.74, 6) is 0.256. The second-order valence-electron chi connectivity index (χ2n) is 11.0. The van der Waals surface area contributed by atoms with Crippen LogP contribution < -0.4 is 10.2 Å². The molecule has 0 saturated heterocycles. The molecule has 0 saturated carbocycles. The van der Waals surface area contributed by atoms with Crippen LogP contribution >= 0.6 is 22.9 Å². The summed E-state index contributed by atoms with van der Waals surface area (Å²) < 4.78 is 27.1. The first-order valence-electron chi connectivity index (χ1n) is 12.3. The van der Waals surface area contributed by atoms with Gasteiger partial charge >= 0.3 is 12.2 Å². The standard InChI is InChI=1S/C26H35ClFN5O4S/c1-15(28)19(29-23(34)36-25(3,4)5)12-17-13-20-21(30-22(27)31-33(20)16(17)2)32(14-18-10-9-11-38-18)24(35)37-26(6,7)8/h9-11,13,15,19H,12,14H2,1-8H3,(H,29,34)/t15-,19+/m0/s1. The molecule has 2 atom stereocenters. The van der Waals surface area contributed by atoms with Crippen molar-refractivity contribution in [3.05, 3.63) is 45.0 Å². The van der Waals surface area contributed by atoms with E-state index in [2.05, 4.69) is 15.4 Å². The van der Waals surface area contributed by atoms with Crippen molar-refractivity contribution >= 4 is 46.5 Å². The van der Waals surface area contributed by atoms with E-state index in [-0.39, 0.29) is 24.1 Å². The fourth-order valence-corrected chi connectivity index (χ4v) is 4.56. The Labute approximate surface area is 231 Å². The van der Waals surface area contributed by atoms with Crippen LogP contribution in [0.4, 0.5) is 19.8 Å². The first-order chi connectivity index (χ1) is 17.5. The Kier molecular flexibility index (Phi) is 8.93. The highest BCUT2D eigenvalue weighted by Crippen LogP contribution is 2.30. The number of aromatic nitrogens is 3. The molecule has 3 aromatic rings. The van der Waals surface area contributed by atoms with Gasteiger partial charge in [-0.1, -0.05) is 6.07 Å². The van der Waals surface area contributed by atoms with Crippen LogP contribution in [0.3, 0.4) is 0 Å². The van der Waals surface area contributed by atoms with E-state index >= 15 is 0 Å². The number of rotatable bonds is 7. The molecular formula is C26H35ClFN5O4S. The van der Waals surface area contributed by atoms with E-state index in [1.165, 1.54) is 23.2 Å². The molecule has 0 spiro atoms. The summed E-state index contributed by atoms with van der Waals surface area (Å²) in [7, 11) is 0. The monoisotopic (exact) mass is 567 g/mol. The SMILES string of the molecule is Cc1c(C[C@@H](NC(=O)OC(C)(C)C)[C@H](C)F)cc2c(N(Cc3cccs3)C(=O)OC(C)(C)C)nc(Cl)nn12. The lowest BCUT2D eigenvalue weighted by atomic mass is 10.0. The molecule has 0 radical (unpaired) electrons. The lowest BCUT2D eigenvalue weighted by molar-refractivity contribution is 0.0476. The van der Waals surface area contributed by atoms with Gasteiger partial charge in [0.05, 0.1) is 12.6 Å². The third-order valence-electron chi connectivity index (χ3n) is 5.39. The number of carbonyl (C=O) groups is 2. The zero-order valence-corrected chi connectivity index (χ0v) is 24.5. The van der Waals surface area contributed by atoms with E-state index in [0.29, 0.717) is 16.8 Å². The van der Waals surface area contributed by atoms with E-state index in [4.69, 9.17) is 21.1 Å². The largest absolute Gasteiger partial charge is 0.444 e. The molecule has 9 nitrogen and oxygen atoms in total. The molecule has 1 N–H and O–H groups in total. The predicted molar refractivity (Wildman–Crippen MR) is 147 cm³/mol. The van der Waals surface area contributed by atoms with Gasteiger partial charge in [0.25, 0.3) is 0 Å². The predicted octanol–water partition coefficient (Wildman–Crippen LogP) is 6.49. The number of hydrogen-bond donors (Lipinski definition) is 1. The van der Waals surface area contributed by atoms with Crippen LogP contribution in [-0.2, 0) is 22.4 Å². The van der Waals surface area contributed by atoms with Crippen LogP contribution in [0.25, 0.3) is 5.52 Å². The number of alkyl halides is 1. The van der Waals surface area contributed by atoms with Crippen LogP contribution in [0.5, 0.6) is 0 Å². The number of anilines is 1. The number of amides is 2. The molecule has 38 heavy (non-hydrogen) atoms. The van der Waals surface area contributed by atoms with Crippen LogP contribution in [0.15, 0.2) is 23.6 Å². The maximum absolute atomic E-state index is 14.6. The number of aryl methyl sites for hydroxylation is 1. The van der Waals surface area contributed by atoms with Crippen LogP contribution in [0.1, 0.15) is 64.6 Å². The summed E-state index contributed by atoms with van der Waals surface area (Å²) in [5.41, 5.74) is 0.408. The second-order valence-corrected chi connectivity index (χ2v) is 12.4. The molecule has 3 heterocycles. The maximum atomic E-state index is 14.6. The second kappa shape index (κ2) is 11.4. The Hall–Kier alpha value is -2.92. The molecule has 0 fully saturated rings. The molecule has 0 unspecified atom stereocenters. The van der Waals surface area contributed by atoms with E-state index in [9.17, 15) is 14.0 Å². The first kappa shape index (κ1) is 29.6. The van der Waals surface area contributed by atoms with Crippen molar-refractivity contribution in [3.8, 4) is 0 Å². The molecule has 12 heteroatoms. The number of hydrogen-bond acceptors (Lipinski definition) is 7. The van der Waals surface area contributed by atoms with Gasteiger partial charge in [0.15, 0.2) is 5.82 Å². The van der Waals surface area contributed by atoms with Crippen molar-refractivity contribution in [1.29, 1.82) is 0 Å². The number of nitrogens with one attached hydrogen (secondary N) is 1. The Morgan fingerprint density at radius 2 is 1.87 bits per heavy atom. The number of alkyl carbamates (subject to hydrolysis) is 1. The smallest absolute Gasteiger partial charge is 0.416 e. The van der Waals surface area contributed by atoms with Gasteiger partial charge in [0.2, 0.25) is 5.28 Å². The van der Waals surface area contributed by atoms with Crippen molar-refractivity contribution in [2.45, 2.75) is 91.8 Å². The van der Waals surface area contributed by atoms with Crippen LogP contribution in [0, 0.1) is 6.92 Å². The minimum atomic E-state index is -1.36. The molecule has 3 aromatic heterocycles. The van der Waals surface area contributed by atoms with Gasteiger partial charge in [-0.25, -0.2) is 18.5 Å². The van der Waals surface area contributed by atoms with E-state index < -0.39 is 35.6 Å². The lowest BCUT2D eigenvalue weighted by Crippen LogP contribution is -2.44. The summed E-state index contributed by atoms with van der Waals surface area (Å²) in [6.45, 7) is 14.0. The van der Waals surface area contributed by atoms with Gasteiger partial charge in [0.1, 0.15) is 22.9 Å². The van der Waals surface area contributed by atoms with Crippen LogP contribution in [0.2, 0.25) is 5.28 Å². The Morgan fingerprint density at radius 1 is 1.21 bits per heavy atom. The minimum absolute atomic E-state index is 0.0697. The summed E-state index contributed by atoms with van der Waals surface area (Å²) in [4.78, 5) is 32.4. The summed E-state index contributed by atoms with van der Waals surface area (Å²) in [6.07, 6.45) is -2.51. The van der Waals surface area contributed by atoms with Crippen molar-refractivity contribution in [1.82, 2.24) is 19.9 Å². The Morgan fingerprint density at radius 3 is 2.42 bits per heavy atom. The lowest BCUT2D eigenvalue weighted by Gasteiger charge is -2.27. The average molecular weight is 568 g/mol. The number of thiophene rings is 1. The molecule has 0 aliphatic heterocycles. The van der Waals surface area contributed by atoms with Crippen molar-refractivity contribution in [3.63, 3.8) is 0 Å². The van der Waals surface area contributed by atoms with Gasteiger partial charge in [-0.2, -0.15) is 4.98 Å². The zero-order valence-electron chi connectivity index (χ0n) is 23.0. The highest BCUT2D eigenvalue weighted by Gasteiger charge is 2.30. The number of carbonyl (C=O) groups excluding carboxylic acids is 2. The quantitative estimate of drug-likeness (QED) is 0.350. The molecule has 208 valence electrons. The van der Waals surface area contributed by atoms with Gasteiger partial charge in [0, 0.05) is 10.6 Å². The molecule has 0 aliphatic carbocycles. The van der Waals surface area contributed by atoms with E-state index in [1.807, 2.05) is 17.5 Å². The first-order valence-corrected chi connectivity index (χ1v) is 13.5. The Balaban J connectivity index is 2.03. The van der Waals surface area contributed by atoms with Crippen molar-refractivity contribution < 1.29 is 23.5 Å². The molecule has 2 amide bonds. The number of nitrogens with zero attached hydrogens (tertiary/aromatic N) is 4. The van der Waals surface area contributed by atoms with Gasteiger partial charge < -0.3 is 14.8 Å². The highest BCUT2D eigenvalue weighted by molar-refractivity contribution is 7.09. The Bertz CT molecular complexity index is 1280. The minimum Gasteiger partial charge on any atom is -0.444 e. The van der Waals surface area contributed by atoms with Crippen molar-refractivity contribution in [2.75, 3.05) is 4.90 Å². The normalized spacial score (nSPS) is 13.7. The molecule has 0 aliphatic rings. The zero-order chi connectivity index (χ0) is 28.4. The topological polar surface area (TPSA) is 98.1 Å². The number of halogens is 2. The molecular weight excluding hydrogens is 533 g/mol. The van der Waals surface area contributed by atoms with E-state index in [1.54, 1.807) is 59.0 Å². The summed E-state index contributed by atoms with van der Waals surface area (Å²) in [6, 6.07) is 4.72. The average Bonchev–Trinajstić information content (AvgIpc) is 3.37. The molecule has 0 aromatic carbocycles. The molecule has 0 bridgehead atoms.